The van der Waals surface area contributed by atoms with Crippen molar-refractivity contribution in [2.24, 2.45) is 19.2 Å². The molecule has 0 unspecified atom stereocenters. The number of fused-ring (bicyclic) bond motifs is 2. The average Bonchev–Trinajstić information content (AvgIpc) is 3.29. The largest absolute Gasteiger partial charge is 0.361 e. The van der Waals surface area contributed by atoms with Crippen LogP contribution in [0, 0.1) is 0 Å². The van der Waals surface area contributed by atoms with E-state index < -0.39 is 17.2 Å². The standard InChI is InChI=1S/C18H17N7O3/c1-23-16-15(17(27)24(2)18(23)28)20-10-25(16)9-14(26)22-21-8-11-7-19-13-6-4-3-5-12(11)13/h3-8,10,19H,9H2,1-2H3,(H,22,26). The fraction of sp³-hybridized carbons (Fsp3) is 0.167. The molecule has 3 heterocycles. The molecule has 28 heavy (non-hydrogen) atoms. The van der Waals surface area contributed by atoms with Crippen LogP contribution < -0.4 is 16.7 Å². The summed E-state index contributed by atoms with van der Waals surface area (Å²) in [5, 5.41) is 4.98. The molecule has 0 bridgehead atoms. The molecule has 10 heteroatoms. The summed E-state index contributed by atoms with van der Waals surface area (Å²) in [4.78, 5) is 43.7. The average molecular weight is 379 g/mol. The summed E-state index contributed by atoms with van der Waals surface area (Å²) in [6, 6.07) is 7.75. The molecule has 2 N–H and O–H groups in total. The number of hydrogen-bond donors (Lipinski definition) is 2. The highest BCUT2D eigenvalue weighted by Crippen LogP contribution is 2.15. The van der Waals surface area contributed by atoms with Crippen LogP contribution in [-0.2, 0) is 25.4 Å². The number of nitrogens with zero attached hydrogens (tertiary/aromatic N) is 5. The number of hydrazone groups is 1. The van der Waals surface area contributed by atoms with E-state index in [1.54, 1.807) is 12.4 Å². The summed E-state index contributed by atoms with van der Waals surface area (Å²) < 4.78 is 3.70. The number of carbonyl (C=O) groups is 1. The van der Waals surface area contributed by atoms with Crippen molar-refractivity contribution in [3.8, 4) is 0 Å². The minimum Gasteiger partial charge on any atom is -0.361 e. The van der Waals surface area contributed by atoms with Crippen LogP contribution in [0.15, 0.2) is 51.5 Å². The highest BCUT2D eigenvalue weighted by atomic mass is 16.2. The Morgan fingerprint density at radius 2 is 2.04 bits per heavy atom. The molecule has 0 aliphatic heterocycles. The van der Waals surface area contributed by atoms with Crippen LogP contribution in [0.2, 0.25) is 0 Å². The quantitative estimate of drug-likeness (QED) is 0.385. The van der Waals surface area contributed by atoms with Crippen LogP contribution in [0.1, 0.15) is 5.56 Å². The lowest BCUT2D eigenvalue weighted by atomic mass is 10.2. The second-order valence-corrected chi connectivity index (χ2v) is 6.33. The number of amides is 1. The minimum atomic E-state index is -0.505. The van der Waals surface area contributed by atoms with Gasteiger partial charge in [-0.2, -0.15) is 5.10 Å². The van der Waals surface area contributed by atoms with Crippen molar-refractivity contribution in [3.05, 3.63) is 63.2 Å². The van der Waals surface area contributed by atoms with E-state index >= 15 is 0 Å². The molecule has 0 aliphatic rings. The number of rotatable bonds is 4. The SMILES string of the molecule is Cn1c(=O)c2ncn(CC(=O)NN=Cc3c[nH]c4ccccc34)c2n(C)c1=O. The summed E-state index contributed by atoms with van der Waals surface area (Å²) in [7, 11) is 2.91. The summed E-state index contributed by atoms with van der Waals surface area (Å²) in [5.41, 5.74) is 3.68. The molecule has 1 amide bonds. The molecule has 0 fully saturated rings. The van der Waals surface area contributed by atoms with Gasteiger partial charge < -0.3 is 9.55 Å². The third-order valence-electron chi connectivity index (χ3n) is 4.54. The van der Waals surface area contributed by atoms with Crippen molar-refractivity contribution in [2.45, 2.75) is 6.54 Å². The van der Waals surface area contributed by atoms with Crippen molar-refractivity contribution in [2.75, 3.05) is 0 Å². The molecule has 0 atom stereocenters. The predicted octanol–water partition coefficient (Wildman–Crippen LogP) is 0.0653. The van der Waals surface area contributed by atoms with E-state index in [0.717, 1.165) is 21.0 Å². The molecule has 10 nitrogen and oxygen atoms in total. The summed E-state index contributed by atoms with van der Waals surface area (Å²) >= 11 is 0. The summed E-state index contributed by atoms with van der Waals surface area (Å²) in [6.45, 7) is -0.137. The summed E-state index contributed by atoms with van der Waals surface area (Å²) in [5.74, 6) is -0.413. The van der Waals surface area contributed by atoms with Crippen molar-refractivity contribution >= 4 is 34.2 Å². The lowest BCUT2D eigenvalue weighted by molar-refractivity contribution is -0.121. The van der Waals surface area contributed by atoms with E-state index in [0.29, 0.717) is 0 Å². The number of aromatic amines is 1. The number of nitrogens with one attached hydrogen (secondary N) is 2. The predicted molar refractivity (Wildman–Crippen MR) is 104 cm³/mol. The van der Waals surface area contributed by atoms with Gasteiger partial charge in [0.15, 0.2) is 5.52 Å². The van der Waals surface area contributed by atoms with Crippen molar-refractivity contribution < 1.29 is 4.79 Å². The molecule has 4 rings (SSSR count). The van der Waals surface area contributed by atoms with Gasteiger partial charge in [0.05, 0.1) is 12.5 Å². The molecule has 0 spiro atoms. The molecular weight excluding hydrogens is 362 g/mol. The van der Waals surface area contributed by atoms with Gasteiger partial charge in [-0.05, 0) is 6.07 Å². The Morgan fingerprint density at radius 3 is 2.86 bits per heavy atom. The van der Waals surface area contributed by atoms with Gasteiger partial charge >= 0.3 is 5.69 Å². The summed E-state index contributed by atoms with van der Waals surface area (Å²) in [6.07, 6.45) is 4.71. The number of H-pyrrole nitrogens is 1. The van der Waals surface area contributed by atoms with Gasteiger partial charge in [0.2, 0.25) is 0 Å². The molecule has 0 radical (unpaired) electrons. The van der Waals surface area contributed by atoms with Gasteiger partial charge in [-0.1, -0.05) is 18.2 Å². The Hall–Kier alpha value is -3.95. The van der Waals surface area contributed by atoms with E-state index in [1.807, 2.05) is 24.3 Å². The zero-order valence-corrected chi connectivity index (χ0v) is 15.2. The number of hydrogen-bond acceptors (Lipinski definition) is 5. The number of aromatic nitrogens is 5. The molecular formula is C18H17N7O3. The normalized spacial score (nSPS) is 11.6. The molecule has 0 saturated carbocycles. The maximum absolute atomic E-state index is 12.2. The van der Waals surface area contributed by atoms with Gasteiger partial charge in [0.1, 0.15) is 12.2 Å². The molecule has 0 saturated heterocycles. The third-order valence-corrected chi connectivity index (χ3v) is 4.54. The highest BCUT2D eigenvalue weighted by molar-refractivity contribution is 5.99. The van der Waals surface area contributed by atoms with Gasteiger partial charge in [-0.3, -0.25) is 18.7 Å². The Bertz CT molecular complexity index is 1350. The Balaban J connectivity index is 1.55. The third kappa shape index (κ3) is 2.80. The van der Waals surface area contributed by atoms with Crippen LogP contribution in [-0.4, -0.2) is 35.8 Å². The molecule has 3 aromatic heterocycles. The second kappa shape index (κ2) is 6.65. The van der Waals surface area contributed by atoms with Gasteiger partial charge in [0, 0.05) is 36.8 Å². The highest BCUT2D eigenvalue weighted by Gasteiger charge is 2.15. The Labute approximate surface area is 157 Å². The van der Waals surface area contributed by atoms with E-state index in [9.17, 15) is 14.4 Å². The number of aryl methyl sites for hydroxylation is 1. The topological polar surface area (TPSA) is 119 Å². The van der Waals surface area contributed by atoms with Gasteiger partial charge in [0.25, 0.3) is 11.5 Å². The number of benzene rings is 1. The van der Waals surface area contributed by atoms with Crippen molar-refractivity contribution in [1.82, 2.24) is 29.1 Å². The van der Waals surface area contributed by atoms with Crippen LogP contribution >= 0.6 is 0 Å². The Morgan fingerprint density at radius 1 is 1.25 bits per heavy atom. The number of carbonyl (C=O) groups excluding carboxylic acids is 1. The van der Waals surface area contributed by atoms with Crippen LogP contribution in [0.3, 0.4) is 0 Å². The van der Waals surface area contributed by atoms with E-state index in [4.69, 9.17) is 0 Å². The number of imidazole rings is 1. The fourth-order valence-corrected chi connectivity index (χ4v) is 3.12. The van der Waals surface area contributed by atoms with E-state index in [2.05, 4.69) is 20.5 Å². The van der Waals surface area contributed by atoms with Crippen LogP contribution in [0.4, 0.5) is 0 Å². The van der Waals surface area contributed by atoms with E-state index in [-0.39, 0.29) is 17.7 Å². The minimum absolute atomic E-state index is 0.125. The zero-order chi connectivity index (χ0) is 19.8. The first-order valence-electron chi connectivity index (χ1n) is 8.46. The monoisotopic (exact) mass is 379 g/mol. The number of para-hydroxylation sites is 1. The molecule has 4 aromatic rings. The smallest absolute Gasteiger partial charge is 0.332 e. The van der Waals surface area contributed by atoms with Crippen LogP contribution in [0.5, 0.6) is 0 Å². The van der Waals surface area contributed by atoms with Crippen LogP contribution in [0.25, 0.3) is 22.1 Å². The lowest BCUT2D eigenvalue weighted by Gasteiger charge is -2.07. The van der Waals surface area contributed by atoms with Crippen molar-refractivity contribution in [1.29, 1.82) is 0 Å². The zero-order valence-electron chi connectivity index (χ0n) is 15.2. The van der Waals surface area contributed by atoms with Gasteiger partial charge in [-0.15, -0.1) is 0 Å². The van der Waals surface area contributed by atoms with Crippen molar-refractivity contribution in [3.63, 3.8) is 0 Å². The first-order chi connectivity index (χ1) is 13.5. The molecule has 0 aliphatic carbocycles. The fourth-order valence-electron chi connectivity index (χ4n) is 3.12. The van der Waals surface area contributed by atoms with E-state index in [1.165, 1.54) is 29.6 Å². The molecule has 142 valence electrons. The lowest BCUT2D eigenvalue weighted by Crippen LogP contribution is -2.37. The van der Waals surface area contributed by atoms with Gasteiger partial charge in [-0.25, -0.2) is 15.2 Å². The second-order valence-electron chi connectivity index (χ2n) is 6.33. The first kappa shape index (κ1) is 17.5. The molecule has 1 aromatic carbocycles. The maximum atomic E-state index is 12.2. The Kier molecular flexibility index (Phi) is 4.15. The maximum Gasteiger partial charge on any atom is 0.332 e. The first-order valence-corrected chi connectivity index (χ1v) is 8.46.